The van der Waals surface area contributed by atoms with Gasteiger partial charge in [0.1, 0.15) is 0 Å². The summed E-state index contributed by atoms with van der Waals surface area (Å²) >= 11 is 0. The molecule has 0 heterocycles. The van der Waals surface area contributed by atoms with Crippen LogP contribution in [0.3, 0.4) is 0 Å². The molecule has 0 spiro atoms. The molecule has 1 aliphatic carbocycles. The van der Waals surface area contributed by atoms with Crippen molar-refractivity contribution < 1.29 is 0 Å². The molecule has 0 bridgehead atoms. The van der Waals surface area contributed by atoms with E-state index < -0.39 is 0 Å². The van der Waals surface area contributed by atoms with Crippen molar-refractivity contribution >= 4 is 11.1 Å². The maximum absolute atomic E-state index is 4.51. The Morgan fingerprint density at radius 3 is 1.85 bits per heavy atom. The summed E-state index contributed by atoms with van der Waals surface area (Å²) in [4.78, 5) is 0. The maximum atomic E-state index is 4.51. The third-order valence-corrected chi connectivity index (χ3v) is 8.69. The van der Waals surface area contributed by atoms with Gasteiger partial charge in [0, 0.05) is 0 Å². The topological polar surface area (TPSA) is 0 Å². The fourth-order valence-electron chi connectivity index (χ4n) is 6.35. The molecule has 0 saturated heterocycles. The molecule has 1 unspecified atom stereocenters. The predicted molar refractivity (Wildman–Crippen MR) is 176 cm³/mol. The molecule has 41 heavy (non-hydrogen) atoms. The molecule has 0 fully saturated rings. The van der Waals surface area contributed by atoms with Crippen LogP contribution >= 0.6 is 0 Å². The van der Waals surface area contributed by atoms with Crippen molar-refractivity contribution in [3.63, 3.8) is 0 Å². The molecular formula is C41H38. The van der Waals surface area contributed by atoms with Gasteiger partial charge in [-0.05, 0) is 105 Å². The molecule has 5 aromatic rings. The number of hydrogen-bond acceptors (Lipinski definition) is 0. The van der Waals surface area contributed by atoms with Gasteiger partial charge in [-0.1, -0.05) is 141 Å². The summed E-state index contributed by atoms with van der Waals surface area (Å²) in [5.74, 6) is 0.416. The maximum Gasteiger partial charge on any atom is -0.00228 e. The van der Waals surface area contributed by atoms with E-state index in [1.165, 1.54) is 55.6 Å². The minimum absolute atomic E-state index is 0.416. The second-order valence-electron chi connectivity index (χ2n) is 11.4. The molecule has 0 saturated carbocycles. The van der Waals surface area contributed by atoms with Gasteiger partial charge in [-0.2, -0.15) is 0 Å². The highest BCUT2D eigenvalue weighted by Gasteiger charge is 2.23. The fourth-order valence-corrected chi connectivity index (χ4v) is 6.35. The minimum Gasteiger partial charge on any atom is -0.0949 e. The van der Waals surface area contributed by atoms with E-state index in [2.05, 4.69) is 141 Å². The quantitative estimate of drug-likeness (QED) is 0.187. The third kappa shape index (κ3) is 5.88. The lowest BCUT2D eigenvalue weighted by molar-refractivity contribution is 0.687. The standard InChI is InChI=1S/C41H38/c1-4-31-19-22-41-39(25-31)28-38(27-36-17-11-12-18-40(36)41)35-21-20-34(23-29(2)32-13-7-5-8-14-32)37(26-35)24-30(3)33-15-9-6-10-16-33/h5-22,25-26,38H,2-4,23-24,27-28H2,1H3. The Balaban J connectivity index is 1.39. The Morgan fingerprint density at radius 2 is 1.17 bits per heavy atom. The Bertz CT molecular complexity index is 1690. The van der Waals surface area contributed by atoms with E-state index in [-0.39, 0.29) is 0 Å². The van der Waals surface area contributed by atoms with Gasteiger partial charge in [-0.25, -0.2) is 0 Å². The highest BCUT2D eigenvalue weighted by Crippen LogP contribution is 2.39. The normalized spacial score (nSPS) is 14.0. The van der Waals surface area contributed by atoms with E-state index in [0.29, 0.717) is 5.92 Å². The van der Waals surface area contributed by atoms with Crippen LogP contribution in [0.25, 0.3) is 22.3 Å². The monoisotopic (exact) mass is 530 g/mol. The molecule has 6 rings (SSSR count). The van der Waals surface area contributed by atoms with Crippen LogP contribution in [0.4, 0.5) is 0 Å². The molecule has 0 heteroatoms. The lowest BCUT2D eigenvalue weighted by Gasteiger charge is -2.20. The zero-order valence-electron chi connectivity index (χ0n) is 24.1. The molecule has 1 atom stereocenters. The van der Waals surface area contributed by atoms with Crippen molar-refractivity contribution in [1.29, 1.82) is 0 Å². The highest BCUT2D eigenvalue weighted by molar-refractivity contribution is 5.73. The molecule has 0 aromatic heterocycles. The fraction of sp³-hybridized carbons (Fsp3) is 0.171. The number of benzene rings is 5. The largest absolute Gasteiger partial charge is 0.0949 e. The predicted octanol–water partition coefficient (Wildman–Crippen LogP) is 10.3. The number of aryl methyl sites for hydroxylation is 1. The number of rotatable bonds is 8. The number of fused-ring (bicyclic) bond motifs is 3. The second-order valence-corrected chi connectivity index (χ2v) is 11.4. The van der Waals surface area contributed by atoms with Gasteiger partial charge in [0.05, 0.1) is 0 Å². The lowest BCUT2D eigenvalue weighted by Crippen LogP contribution is -2.08. The van der Waals surface area contributed by atoms with E-state index in [1.54, 1.807) is 0 Å². The average molecular weight is 531 g/mol. The van der Waals surface area contributed by atoms with Crippen LogP contribution in [0.5, 0.6) is 0 Å². The van der Waals surface area contributed by atoms with E-state index in [4.69, 9.17) is 0 Å². The smallest absolute Gasteiger partial charge is 0.00228 e. The number of allylic oxidation sites excluding steroid dienone is 2. The molecule has 0 amide bonds. The summed E-state index contributed by atoms with van der Waals surface area (Å²) in [5, 5.41) is 0. The first-order chi connectivity index (χ1) is 20.1. The molecule has 0 N–H and O–H groups in total. The van der Waals surface area contributed by atoms with Crippen LogP contribution in [0.1, 0.15) is 57.3 Å². The summed E-state index contributed by atoms with van der Waals surface area (Å²) in [5.41, 5.74) is 15.9. The first-order valence-electron chi connectivity index (χ1n) is 14.9. The summed E-state index contributed by atoms with van der Waals surface area (Å²) in [7, 11) is 0. The average Bonchev–Trinajstić information content (AvgIpc) is 3.19. The first-order valence-corrected chi connectivity index (χ1v) is 14.9. The van der Waals surface area contributed by atoms with Crippen molar-refractivity contribution in [3.05, 3.63) is 179 Å². The van der Waals surface area contributed by atoms with Gasteiger partial charge in [-0.15, -0.1) is 0 Å². The Morgan fingerprint density at radius 1 is 0.585 bits per heavy atom. The SMILES string of the molecule is C=C(Cc1ccc(C2Cc3ccccc3-c3ccc(CC)cc3C2)cc1CC(=C)c1ccccc1)c1ccccc1. The van der Waals surface area contributed by atoms with Crippen molar-refractivity contribution in [1.82, 2.24) is 0 Å². The molecule has 202 valence electrons. The zero-order valence-corrected chi connectivity index (χ0v) is 24.1. The van der Waals surface area contributed by atoms with Gasteiger partial charge in [0.15, 0.2) is 0 Å². The van der Waals surface area contributed by atoms with Crippen LogP contribution in [0, 0.1) is 0 Å². The van der Waals surface area contributed by atoms with Gasteiger partial charge < -0.3 is 0 Å². The highest BCUT2D eigenvalue weighted by atomic mass is 14.3. The van der Waals surface area contributed by atoms with E-state index in [0.717, 1.165) is 43.3 Å². The molecule has 5 aromatic carbocycles. The van der Waals surface area contributed by atoms with Gasteiger partial charge >= 0.3 is 0 Å². The van der Waals surface area contributed by atoms with Crippen LogP contribution in [-0.2, 0) is 32.1 Å². The molecule has 0 nitrogen and oxygen atoms in total. The Kier molecular flexibility index (Phi) is 7.83. The number of hydrogen-bond donors (Lipinski definition) is 0. The van der Waals surface area contributed by atoms with Crippen molar-refractivity contribution in [2.24, 2.45) is 0 Å². The summed E-state index contributed by atoms with van der Waals surface area (Å²) in [6.45, 7) is 11.2. The molecular weight excluding hydrogens is 492 g/mol. The Labute approximate surface area is 245 Å². The van der Waals surface area contributed by atoms with E-state index in [1.807, 2.05) is 0 Å². The Hall–Kier alpha value is -4.42. The molecule has 0 aliphatic heterocycles. The van der Waals surface area contributed by atoms with Crippen LogP contribution in [-0.4, -0.2) is 0 Å². The van der Waals surface area contributed by atoms with Crippen LogP contribution < -0.4 is 0 Å². The van der Waals surface area contributed by atoms with Crippen LogP contribution in [0.2, 0.25) is 0 Å². The van der Waals surface area contributed by atoms with E-state index in [9.17, 15) is 0 Å². The van der Waals surface area contributed by atoms with Gasteiger partial charge in [0.2, 0.25) is 0 Å². The van der Waals surface area contributed by atoms with Crippen molar-refractivity contribution in [2.75, 3.05) is 0 Å². The van der Waals surface area contributed by atoms with Crippen molar-refractivity contribution in [2.45, 2.75) is 44.9 Å². The van der Waals surface area contributed by atoms with Crippen LogP contribution in [0.15, 0.2) is 134 Å². The van der Waals surface area contributed by atoms with E-state index >= 15 is 0 Å². The summed E-state index contributed by atoms with van der Waals surface area (Å²) in [6, 6.07) is 44.5. The summed E-state index contributed by atoms with van der Waals surface area (Å²) in [6.07, 6.45) is 4.81. The van der Waals surface area contributed by atoms with Crippen molar-refractivity contribution in [3.8, 4) is 11.1 Å². The third-order valence-electron chi connectivity index (χ3n) is 8.69. The molecule has 0 radical (unpaired) electrons. The van der Waals surface area contributed by atoms with Gasteiger partial charge in [-0.3, -0.25) is 0 Å². The second kappa shape index (κ2) is 12.0. The molecule has 1 aliphatic rings. The van der Waals surface area contributed by atoms with Gasteiger partial charge in [0.25, 0.3) is 0 Å². The summed E-state index contributed by atoms with van der Waals surface area (Å²) < 4.78 is 0. The first kappa shape index (κ1) is 26.8. The minimum atomic E-state index is 0.416. The zero-order chi connectivity index (χ0) is 28.2. The lowest BCUT2D eigenvalue weighted by atomic mass is 9.84.